The van der Waals surface area contributed by atoms with Crippen molar-refractivity contribution in [2.45, 2.75) is 13.8 Å². The molecule has 2 aromatic rings. The minimum absolute atomic E-state index is 0.0427. The zero-order valence-corrected chi connectivity index (χ0v) is 12.5. The molecule has 1 aromatic carbocycles. The summed E-state index contributed by atoms with van der Waals surface area (Å²) in [7, 11) is 0. The number of benzene rings is 1. The van der Waals surface area contributed by atoms with Crippen molar-refractivity contribution in [3.05, 3.63) is 52.9 Å². The number of carbonyl (C=O) groups excluding carboxylic acids is 1. The first-order valence-corrected chi connectivity index (χ1v) is 7.23. The Bertz CT molecular complexity index is 702. The van der Waals surface area contributed by atoms with Crippen LogP contribution in [0, 0.1) is 0 Å². The number of carboxylic acids is 1. The van der Waals surface area contributed by atoms with Gasteiger partial charge in [-0.25, -0.2) is 4.79 Å². The van der Waals surface area contributed by atoms with Gasteiger partial charge in [-0.3, -0.25) is 4.79 Å². The third-order valence-electron chi connectivity index (χ3n) is 3.19. The standard InChI is InChI=1S/C16H15NO3S/c1-10(11(2)16(19)20)15(18)17-13-7-4-3-6-12(13)14-8-5-9-21-14/h3-9H,1-2H3,(H,17,18)(H,19,20). The van der Waals surface area contributed by atoms with Crippen molar-refractivity contribution in [1.82, 2.24) is 0 Å². The molecular weight excluding hydrogens is 286 g/mol. The van der Waals surface area contributed by atoms with Crippen LogP contribution < -0.4 is 5.32 Å². The van der Waals surface area contributed by atoms with Crippen LogP contribution in [0.5, 0.6) is 0 Å². The van der Waals surface area contributed by atoms with Crippen LogP contribution >= 0.6 is 11.3 Å². The Morgan fingerprint density at radius 2 is 1.76 bits per heavy atom. The molecule has 0 aliphatic rings. The number of thiophene rings is 1. The fourth-order valence-corrected chi connectivity index (χ4v) is 2.55. The lowest BCUT2D eigenvalue weighted by atomic mass is 10.1. The van der Waals surface area contributed by atoms with E-state index in [4.69, 9.17) is 5.11 Å². The minimum atomic E-state index is -1.09. The van der Waals surface area contributed by atoms with Crippen molar-refractivity contribution in [3.63, 3.8) is 0 Å². The summed E-state index contributed by atoms with van der Waals surface area (Å²) < 4.78 is 0. The molecule has 1 aromatic heterocycles. The molecule has 0 bridgehead atoms. The van der Waals surface area contributed by atoms with E-state index < -0.39 is 11.9 Å². The lowest BCUT2D eigenvalue weighted by Gasteiger charge is -2.11. The van der Waals surface area contributed by atoms with Gasteiger partial charge in [-0.05, 0) is 31.4 Å². The van der Waals surface area contributed by atoms with Gasteiger partial charge in [0.25, 0.3) is 5.91 Å². The molecule has 4 nitrogen and oxygen atoms in total. The number of aliphatic carboxylic acids is 1. The monoisotopic (exact) mass is 301 g/mol. The maximum atomic E-state index is 12.2. The lowest BCUT2D eigenvalue weighted by Crippen LogP contribution is -2.16. The first-order valence-electron chi connectivity index (χ1n) is 6.35. The van der Waals surface area contributed by atoms with E-state index in [1.165, 1.54) is 13.8 Å². The summed E-state index contributed by atoms with van der Waals surface area (Å²) in [5.41, 5.74) is 1.83. The Hall–Kier alpha value is -2.40. The highest BCUT2D eigenvalue weighted by Gasteiger charge is 2.14. The average molecular weight is 301 g/mol. The Morgan fingerprint density at radius 1 is 1.05 bits per heavy atom. The van der Waals surface area contributed by atoms with Gasteiger partial charge in [0.15, 0.2) is 0 Å². The van der Waals surface area contributed by atoms with Crippen molar-refractivity contribution in [2.24, 2.45) is 0 Å². The molecule has 1 amide bonds. The summed E-state index contributed by atoms with van der Waals surface area (Å²) in [5, 5.41) is 13.7. The SMILES string of the molecule is CC(C(=O)O)=C(C)C(=O)Nc1ccccc1-c1cccs1. The van der Waals surface area contributed by atoms with Gasteiger partial charge in [0, 0.05) is 27.3 Å². The summed E-state index contributed by atoms with van der Waals surface area (Å²) in [6.07, 6.45) is 0. The quantitative estimate of drug-likeness (QED) is 0.845. The molecule has 0 fully saturated rings. The number of para-hydroxylation sites is 1. The highest BCUT2D eigenvalue weighted by molar-refractivity contribution is 7.13. The van der Waals surface area contributed by atoms with E-state index in [2.05, 4.69) is 5.32 Å². The number of rotatable bonds is 4. The second-order valence-electron chi connectivity index (χ2n) is 4.53. The van der Waals surface area contributed by atoms with Gasteiger partial charge in [-0.1, -0.05) is 24.3 Å². The van der Waals surface area contributed by atoms with Crippen LogP contribution in [0.25, 0.3) is 10.4 Å². The normalized spacial score (nSPS) is 11.7. The van der Waals surface area contributed by atoms with Gasteiger partial charge >= 0.3 is 5.97 Å². The Kier molecular flexibility index (Phi) is 4.55. The Morgan fingerprint density at radius 3 is 2.38 bits per heavy atom. The first-order chi connectivity index (χ1) is 10.0. The van der Waals surface area contributed by atoms with Crippen molar-refractivity contribution in [2.75, 3.05) is 5.32 Å². The molecule has 0 saturated heterocycles. The third-order valence-corrected chi connectivity index (χ3v) is 4.09. The Labute approximate surface area is 126 Å². The van der Waals surface area contributed by atoms with Gasteiger partial charge in [0.1, 0.15) is 0 Å². The Balaban J connectivity index is 2.31. The summed E-state index contributed by atoms with van der Waals surface area (Å²) in [6.45, 7) is 2.93. The number of hydrogen-bond donors (Lipinski definition) is 2. The molecule has 5 heteroatoms. The number of carbonyl (C=O) groups is 2. The second-order valence-corrected chi connectivity index (χ2v) is 5.48. The molecule has 0 radical (unpaired) electrons. The summed E-state index contributed by atoms with van der Waals surface area (Å²) >= 11 is 1.58. The van der Waals surface area contributed by atoms with E-state index in [1.807, 2.05) is 35.7 Å². The molecule has 2 N–H and O–H groups in total. The largest absolute Gasteiger partial charge is 0.478 e. The number of amides is 1. The predicted molar refractivity (Wildman–Crippen MR) is 84.4 cm³/mol. The number of anilines is 1. The van der Waals surface area contributed by atoms with Crippen LogP contribution in [0.4, 0.5) is 5.69 Å². The number of nitrogens with one attached hydrogen (secondary N) is 1. The summed E-state index contributed by atoms with van der Waals surface area (Å²) in [4.78, 5) is 24.1. The van der Waals surface area contributed by atoms with E-state index >= 15 is 0 Å². The smallest absolute Gasteiger partial charge is 0.331 e. The van der Waals surface area contributed by atoms with E-state index in [-0.39, 0.29) is 11.1 Å². The van der Waals surface area contributed by atoms with E-state index in [0.717, 1.165) is 10.4 Å². The van der Waals surface area contributed by atoms with Crippen molar-refractivity contribution >= 4 is 28.9 Å². The predicted octanol–water partition coefficient (Wildman–Crippen LogP) is 3.77. The van der Waals surface area contributed by atoms with Crippen molar-refractivity contribution in [3.8, 4) is 10.4 Å². The van der Waals surface area contributed by atoms with Crippen molar-refractivity contribution in [1.29, 1.82) is 0 Å². The van der Waals surface area contributed by atoms with Crippen LogP contribution in [0.2, 0.25) is 0 Å². The molecule has 0 aliphatic carbocycles. The maximum absolute atomic E-state index is 12.2. The van der Waals surface area contributed by atoms with E-state index in [1.54, 1.807) is 17.4 Å². The van der Waals surface area contributed by atoms with Gasteiger partial charge < -0.3 is 10.4 Å². The van der Waals surface area contributed by atoms with Crippen LogP contribution in [0.15, 0.2) is 52.9 Å². The molecular formula is C16H15NO3S. The first kappa shape index (κ1) is 15.0. The minimum Gasteiger partial charge on any atom is -0.478 e. The maximum Gasteiger partial charge on any atom is 0.331 e. The molecule has 0 atom stereocenters. The fourth-order valence-electron chi connectivity index (χ4n) is 1.79. The van der Waals surface area contributed by atoms with E-state index in [0.29, 0.717) is 5.69 Å². The van der Waals surface area contributed by atoms with Gasteiger partial charge in [0.2, 0.25) is 0 Å². The molecule has 108 valence electrons. The van der Waals surface area contributed by atoms with Gasteiger partial charge in [0.05, 0.1) is 0 Å². The van der Waals surface area contributed by atoms with Crippen molar-refractivity contribution < 1.29 is 14.7 Å². The van der Waals surface area contributed by atoms with Crippen LogP contribution in [0.3, 0.4) is 0 Å². The molecule has 0 spiro atoms. The van der Waals surface area contributed by atoms with Gasteiger partial charge in [-0.2, -0.15) is 0 Å². The second kappa shape index (κ2) is 6.37. The van der Waals surface area contributed by atoms with Crippen LogP contribution in [0.1, 0.15) is 13.8 Å². The topological polar surface area (TPSA) is 66.4 Å². The van der Waals surface area contributed by atoms with Crippen LogP contribution in [-0.4, -0.2) is 17.0 Å². The lowest BCUT2D eigenvalue weighted by molar-refractivity contribution is -0.133. The zero-order chi connectivity index (χ0) is 15.4. The number of carboxylic acid groups (broad SMARTS) is 1. The highest BCUT2D eigenvalue weighted by Crippen LogP contribution is 2.31. The number of hydrogen-bond acceptors (Lipinski definition) is 3. The molecule has 0 saturated carbocycles. The molecule has 21 heavy (non-hydrogen) atoms. The summed E-state index contributed by atoms with van der Waals surface area (Å²) in [5.74, 6) is -1.49. The summed E-state index contributed by atoms with van der Waals surface area (Å²) in [6, 6.07) is 11.4. The molecule has 2 rings (SSSR count). The highest BCUT2D eigenvalue weighted by atomic mass is 32.1. The van der Waals surface area contributed by atoms with E-state index in [9.17, 15) is 9.59 Å². The molecule has 1 heterocycles. The zero-order valence-electron chi connectivity index (χ0n) is 11.7. The molecule has 0 unspecified atom stereocenters. The van der Waals surface area contributed by atoms with Gasteiger partial charge in [-0.15, -0.1) is 11.3 Å². The average Bonchev–Trinajstić information content (AvgIpc) is 3.00. The van der Waals surface area contributed by atoms with Crippen LogP contribution in [-0.2, 0) is 9.59 Å². The molecule has 0 aliphatic heterocycles. The third kappa shape index (κ3) is 3.38. The fraction of sp³-hybridized carbons (Fsp3) is 0.125.